The molecule has 1 aromatic rings. The predicted molar refractivity (Wildman–Crippen MR) is 65.8 cm³/mol. The third-order valence-electron chi connectivity index (χ3n) is 2.30. The first-order valence-corrected chi connectivity index (χ1v) is 5.94. The van der Waals surface area contributed by atoms with Crippen LogP contribution in [-0.2, 0) is 6.42 Å². The van der Waals surface area contributed by atoms with Crippen molar-refractivity contribution in [3.8, 4) is 0 Å². The Bertz CT molecular complexity index is 294. The molecule has 0 saturated heterocycles. The van der Waals surface area contributed by atoms with Gasteiger partial charge in [0.25, 0.3) is 0 Å². The molecule has 0 N–H and O–H groups in total. The third kappa shape index (κ3) is 2.75. The van der Waals surface area contributed by atoms with Crippen LogP contribution in [0.2, 0.25) is 0 Å². The lowest BCUT2D eigenvalue weighted by molar-refractivity contribution is 0.923. The number of hydrogen-bond donors (Lipinski definition) is 1. The van der Waals surface area contributed by atoms with Crippen LogP contribution in [0.3, 0.4) is 0 Å². The normalized spacial score (nSPS) is 10.5. The SMILES string of the molecule is Cc1ccc(CCCS)c(C)c1Br. The van der Waals surface area contributed by atoms with Gasteiger partial charge >= 0.3 is 0 Å². The summed E-state index contributed by atoms with van der Waals surface area (Å²) in [5.74, 6) is 0.963. The molecule has 0 saturated carbocycles. The lowest BCUT2D eigenvalue weighted by Crippen LogP contribution is -1.93. The summed E-state index contributed by atoms with van der Waals surface area (Å²) < 4.78 is 1.25. The molecule has 0 bridgehead atoms. The van der Waals surface area contributed by atoms with E-state index in [9.17, 15) is 0 Å². The summed E-state index contributed by atoms with van der Waals surface area (Å²) in [5, 5.41) is 0. The van der Waals surface area contributed by atoms with Gasteiger partial charge in [0.15, 0.2) is 0 Å². The molecule has 0 unspecified atom stereocenters. The van der Waals surface area contributed by atoms with E-state index in [0.717, 1.165) is 18.6 Å². The van der Waals surface area contributed by atoms with Gasteiger partial charge in [-0.3, -0.25) is 0 Å². The molecule has 0 spiro atoms. The number of benzene rings is 1. The van der Waals surface area contributed by atoms with Gasteiger partial charge in [-0.15, -0.1) is 0 Å². The fourth-order valence-electron chi connectivity index (χ4n) is 1.40. The fraction of sp³-hybridized carbons (Fsp3) is 0.455. The Labute approximate surface area is 94.3 Å². The Kier molecular flexibility index (Phi) is 4.33. The first-order chi connectivity index (χ1) is 6.16. The molecule has 0 aliphatic rings. The zero-order chi connectivity index (χ0) is 9.84. The molecule has 0 atom stereocenters. The van der Waals surface area contributed by atoms with E-state index in [1.807, 2.05) is 0 Å². The zero-order valence-corrected chi connectivity index (χ0v) is 10.6. The maximum Gasteiger partial charge on any atom is 0.0236 e. The number of thiol groups is 1. The Morgan fingerprint density at radius 3 is 2.62 bits per heavy atom. The molecule has 1 aromatic carbocycles. The summed E-state index contributed by atoms with van der Waals surface area (Å²) in [5.41, 5.74) is 4.13. The molecule has 0 aromatic heterocycles. The van der Waals surface area contributed by atoms with Crippen molar-refractivity contribution in [3.05, 3.63) is 33.3 Å². The fourth-order valence-corrected chi connectivity index (χ4v) is 1.95. The van der Waals surface area contributed by atoms with Crippen molar-refractivity contribution in [1.29, 1.82) is 0 Å². The number of rotatable bonds is 3. The molecule has 0 nitrogen and oxygen atoms in total. The minimum absolute atomic E-state index is 0.963. The summed E-state index contributed by atoms with van der Waals surface area (Å²) in [6, 6.07) is 4.39. The number of hydrogen-bond acceptors (Lipinski definition) is 1. The van der Waals surface area contributed by atoms with Crippen LogP contribution in [0.25, 0.3) is 0 Å². The van der Waals surface area contributed by atoms with Crippen molar-refractivity contribution < 1.29 is 0 Å². The second-order valence-corrected chi connectivity index (χ2v) is 4.55. The van der Waals surface area contributed by atoms with E-state index in [2.05, 4.69) is 54.5 Å². The van der Waals surface area contributed by atoms with E-state index in [1.54, 1.807) is 0 Å². The van der Waals surface area contributed by atoms with Crippen molar-refractivity contribution >= 4 is 28.6 Å². The highest BCUT2D eigenvalue weighted by atomic mass is 79.9. The van der Waals surface area contributed by atoms with Crippen LogP contribution in [0, 0.1) is 13.8 Å². The van der Waals surface area contributed by atoms with Gasteiger partial charge in [-0.2, -0.15) is 12.6 Å². The van der Waals surface area contributed by atoms with Crippen LogP contribution < -0.4 is 0 Å². The summed E-state index contributed by atoms with van der Waals surface area (Å²) >= 11 is 7.82. The van der Waals surface area contributed by atoms with Gasteiger partial charge in [-0.1, -0.05) is 28.1 Å². The van der Waals surface area contributed by atoms with Crippen LogP contribution in [0.15, 0.2) is 16.6 Å². The molecule has 0 aliphatic heterocycles. The Morgan fingerprint density at radius 2 is 2.00 bits per heavy atom. The molecule has 0 heterocycles. The topological polar surface area (TPSA) is 0 Å². The zero-order valence-electron chi connectivity index (χ0n) is 8.10. The molecule has 2 heteroatoms. The van der Waals surface area contributed by atoms with E-state index >= 15 is 0 Å². The first kappa shape index (κ1) is 11.1. The Hall–Kier alpha value is 0.0500. The quantitative estimate of drug-likeness (QED) is 0.781. The molecule has 0 aliphatic carbocycles. The van der Waals surface area contributed by atoms with Crippen LogP contribution in [0.1, 0.15) is 23.1 Å². The maximum atomic E-state index is 4.22. The van der Waals surface area contributed by atoms with Crippen LogP contribution in [0.4, 0.5) is 0 Å². The number of halogens is 1. The highest BCUT2D eigenvalue weighted by Crippen LogP contribution is 2.24. The minimum atomic E-state index is 0.963. The van der Waals surface area contributed by atoms with Crippen molar-refractivity contribution in [1.82, 2.24) is 0 Å². The van der Waals surface area contributed by atoms with Gasteiger partial charge in [0, 0.05) is 4.47 Å². The van der Waals surface area contributed by atoms with Crippen molar-refractivity contribution in [2.75, 3.05) is 5.75 Å². The number of aryl methyl sites for hydroxylation is 2. The molecular formula is C11H15BrS. The summed E-state index contributed by atoms with van der Waals surface area (Å²) in [7, 11) is 0. The van der Waals surface area contributed by atoms with Gasteiger partial charge in [-0.25, -0.2) is 0 Å². The molecule has 13 heavy (non-hydrogen) atoms. The molecule has 72 valence electrons. The molecule has 1 rings (SSSR count). The minimum Gasteiger partial charge on any atom is -0.179 e. The third-order valence-corrected chi connectivity index (χ3v) is 3.83. The average Bonchev–Trinajstić information content (AvgIpc) is 2.13. The van der Waals surface area contributed by atoms with Gasteiger partial charge in [0.05, 0.1) is 0 Å². The summed E-state index contributed by atoms with van der Waals surface area (Å²) in [6.45, 7) is 4.30. The second kappa shape index (κ2) is 5.06. The van der Waals surface area contributed by atoms with Gasteiger partial charge in [0.1, 0.15) is 0 Å². The van der Waals surface area contributed by atoms with E-state index in [0.29, 0.717) is 0 Å². The van der Waals surface area contributed by atoms with Gasteiger partial charge < -0.3 is 0 Å². The lowest BCUT2D eigenvalue weighted by Gasteiger charge is -2.09. The molecule has 0 fully saturated rings. The molecule has 0 amide bonds. The lowest BCUT2D eigenvalue weighted by atomic mass is 10.0. The van der Waals surface area contributed by atoms with Crippen LogP contribution in [0.5, 0.6) is 0 Å². The maximum absolute atomic E-state index is 4.22. The highest BCUT2D eigenvalue weighted by Gasteiger charge is 2.03. The van der Waals surface area contributed by atoms with E-state index in [1.165, 1.54) is 21.2 Å². The van der Waals surface area contributed by atoms with E-state index < -0.39 is 0 Å². The predicted octanol–water partition coefficient (Wildman–Crippen LogP) is 3.93. The van der Waals surface area contributed by atoms with Crippen molar-refractivity contribution in [2.24, 2.45) is 0 Å². The standard InChI is InChI=1S/C11H15BrS/c1-8-5-6-10(4-3-7-13)9(2)11(8)12/h5-6,13H,3-4,7H2,1-2H3. The van der Waals surface area contributed by atoms with E-state index in [4.69, 9.17) is 0 Å². The summed E-state index contributed by atoms with van der Waals surface area (Å²) in [6.07, 6.45) is 2.29. The molecule has 0 radical (unpaired) electrons. The molecular weight excluding hydrogens is 244 g/mol. The summed E-state index contributed by atoms with van der Waals surface area (Å²) in [4.78, 5) is 0. The van der Waals surface area contributed by atoms with Gasteiger partial charge in [0.2, 0.25) is 0 Å². The van der Waals surface area contributed by atoms with Crippen LogP contribution >= 0.6 is 28.6 Å². The van der Waals surface area contributed by atoms with Crippen LogP contribution in [-0.4, -0.2) is 5.75 Å². The van der Waals surface area contributed by atoms with Crippen molar-refractivity contribution in [2.45, 2.75) is 26.7 Å². The monoisotopic (exact) mass is 258 g/mol. The van der Waals surface area contributed by atoms with Crippen molar-refractivity contribution in [3.63, 3.8) is 0 Å². The first-order valence-electron chi connectivity index (χ1n) is 4.52. The Balaban J connectivity index is 2.90. The van der Waals surface area contributed by atoms with Gasteiger partial charge in [-0.05, 0) is 49.1 Å². The highest BCUT2D eigenvalue weighted by molar-refractivity contribution is 9.10. The smallest absolute Gasteiger partial charge is 0.0236 e. The second-order valence-electron chi connectivity index (χ2n) is 3.31. The largest absolute Gasteiger partial charge is 0.179 e. The van der Waals surface area contributed by atoms with E-state index in [-0.39, 0.29) is 0 Å². The average molecular weight is 259 g/mol. The Morgan fingerprint density at radius 1 is 1.31 bits per heavy atom.